The highest BCUT2D eigenvalue weighted by atomic mass is 79.9. The molecule has 182 valence electrons. The van der Waals surface area contributed by atoms with Crippen molar-refractivity contribution in [3.05, 3.63) is 186 Å². The van der Waals surface area contributed by atoms with E-state index in [1.54, 1.807) is 0 Å². The molecular formula is C37H27Br. The number of allylic oxidation sites excluding steroid dienone is 4. The number of halogens is 1. The van der Waals surface area contributed by atoms with Crippen LogP contribution in [0.25, 0.3) is 28.4 Å². The molecule has 0 nitrogen and oxygen atoms in total. The lowest BCUT2D eigenvalue weighted by molar-refractivity contribution is 1.07. The summed E-state index contributed by atoms with van der Waals surface area (Å²) in [6, 6.07) is 51.7. The first kappa shape index (κ1) is 24.2. The molecule has 6 rings (SSSR count). The van der Waals surface area contributed by atoms with Crippen molar-refractivity contribution in [1.82, 2.24) is 0 Å². The van der Waals surface area contributed by atoms with E-state index in [1.807, 2.05) is 6.08 Å². The van der Waals surface area contributed by atoms with Crippen molar-refractivity contribution < 1.29 is 0 Å². The van der Waals surface area contributed by atoms with Gasteiger partial charge in [0.2, 0.25) is 0 Å². The Bertz CT molecular complexity index is 1540. The van der Waals surface area contributed by atoms with Crippen LogP contribution in [0, 0.1) is 0 Å². The Morgan fingerprint density at radius 1 is 0.447 bits per heavy atom. The summed E-state index contributed by atoms with van der Waals surface area (Å²) < 4.78 is -0.628. The molecule has 0 atom stereocenters. The molecule has 0 N–H and O–H groups in total. The van der Waals surface area contributed by atoms with Crippen LogP contribution in [0.3, 0.4) is 0 Å². The molecule has 38 heavy (non-hydrogen) atoms. The van der Waals surface area contributed by atoms with Gasteiger partial charge in [0.1, 0.15) is 4.32 Å². The molecule has 0 fully saturated rings. The van der Waals surface area contributed by atoms with Gasteiger partial charge in [-0.25, -0.2) is 0 Å². The maximum atomic E-state index is 4.46. The Morgan fingerprint density at radius 3 is 1.18 bits per heavy atom. The molecule has 5 aromatic carbocycles. The van der Waals surface area contributed by atoms with E-state index in [0.29, 0.717) is 0 Å². The van der Waals surface area contributed by atoms with E-state index in [9.17, 15) is 0 Å². The van der Waals surface area contributed by atoms with E-state index in [-0.39, 0.29) is 0 Å². The molecule has 1 aliphatic rings. The van der Waals surface area contributed by atoms with Gasteiger partial charge in [-0.15, -0.1) is 0 Å². The Hall–Kier alpha value is -4.20. The van der Waals surface area contributed by atoms with E-state index in [0.717, 1.165) is 5.56 Å². The van der Waals surface area contributed by atoms with Crippen LogP contribution in [0.1, 0.15) is 33.4 Å². The van der Waals surface area contributed by atoms with Crippen LogP contribution in [0.5, 0.6) is 0 Å². The minimum atomic E-state index is -0.628. The van der Waals surface area contributed by atoms with Crippen molar-refractivity contribution in [3.8, 4) is 0 Å². The maximum Gasteiger partial charge on any atom is 0.103 e. The van der Waals surface area contributed by atoms with Gasteiger partial charge in [-0.1, -0.05) is 174 Å². The fraction of sp³-hybridized carbons (Fsp3) is 0.0270. The standard InChI is InChI=1S/C37H27Br/c1-2-27-17-15-16-26-32(27)37(38)35(30-22-11-5-12-23-30)33(28-18-7-3-8-19-28)34(29-20-9-4-10-21-29)36(37)31-24-13-6-14-25-31/h2-26H,1H2. The van der Waals surface area contributed by atoms with Crippen LogP contribution >= 0.6 is 15.9 Å². The number of alkyl halides is 1. The first-order valence-electron chi connectivity index (χ1n) is 12.9. The third-order valence-corrected chi connectivity index (χ3v) is 8.46. The molecule has 0 spiro atoms. The summed E-state index contributed by atoms with van der Waals surface area (Å²) in [7, 11) is 0. The van der Waals surface area contributed by atoms with Gasteiger partial charge in [-0.3, -0.25) is 0 Å². The average Bonchev–Trinajstić information content (AvgIpc) is 3.28. The van der Waals surface area contributed by atoms with Crippen molar-refractivity contribution in [2.24, 2.45) is 0 Å². The normalized spacial score (nSPS) is 14.6. The topological polar surface area (TPSA) is 0 Å². The smallest absolute Gasteiger partial charge is 0.0985 e. The molecule has 0 heterocycles. The van der Waals surface area contributed by atoms with Gasteiger partial charge in [-0.05, 0) is 55.7 Å². The quantitative estimate of drug-likeness (QED) is 0.184. The minimum Gasteiger partial charge on any atom is -0.0985 e. The Kier molecular flexibility index (Phi) is 6.54. The zero-order valence-electron chi connectivity index (χ0n) is 21.0. The lowest BCUT2D eigenvalue weighted by Gasteiger charge is -2.33. The zero-order valence-corrected chi connectivity index (χ0v) is 22.6. The lowest BCUT2D eigenvalue weighted by atomic mass is 9.79. The molecule has 0 bridgehead atoms. The first-order valence-corrected chi connectivity index (χ1v) is 13.6. The highest BCUT2D eigenvalue weighted by Crippen LogP contribution is 2.65. The molecule has 1 heteroatoms. The van der Waals surface area contributed by atoms with Crippen LogP contribution < -0.4 is 0 Å². The summed E-state index contributed by atoms with van der Waals surface area (Å²) in [5.41, 5.74) is 12.0. The third kappa shape index (κ3) is 4.00. The second-order valence-corrected chi connectivity index (χ2v) is 10.6. The molecule has 0 amide bonds. The number of hydrogen-bond donors (Lipinski definition) is 0. The molecule has 0 aliphatic heterocycles. The summed E-state index contributed by atoms with van der Waals surface area (Å²) in [6.07, 6.45) is 1.96. The van der Waals surface area contributed by atoms with E-state index in [4.69, 9.17) is 0 Å². The van der Waals surface area contributed by atoms with Crippen molar-refractivity contribution in [2.45, 2.75) is 4.32 Å². The first-order chi connectivity index (χ1) is 18.7. The van der Waals surface area contributed by atoms with Gasteiger partial charge in [0, 0.05) is 0 Å². The molecule has 0 saturated heterocycles. The summed E-state index contributed by atoms with van der Waals surface area (Å²) in [5, 5.41) is 0. The predicted molar refractivity (Wildman–Crippen MR) is 167 cm³/mol. The van der Waals surface area contributed by atoms with Crippen LogP contribution in [-0.4, -0.2) is 0 Å². The Morgan fingerprint density at radius 2 is 0.789 bits per heavy atom. The highest BCUT2D eigenvalue weighted by Gasteiger charge is 2.48. The van der Waals surface area contributed by atoms with Crippen molar-refractivity contribution >= 4 is 44.3 Å². The second-order valence-electron chi connectivity index (χ2n) is 9.41. The lowest BCUT2D eigenvalue weighted by Crippen LogP contribution is -2.22. The van der Waals surface area contributed by atoms with Gasteiger partial charge in [0.15, 0.2) is 0 Å². The monoisotopic (exact) mass is 550 g/mol. The van der Waals surface area contributed by atoms with E-state index >= 15 is 0 Å². The Labute approximate surface area is 233 Å². The van der Waals surface area contributed by atoms with E-state index < -0.39 is 4.32 Å². The van der Waals surface area contributed by atoms with Gasteiger partial charge in [0.25, 0.3) is 0 Å². The summed E-state index contributed by atoms with van der Waals surface area (Å²) in [4.78, 5) is 0. The zero-order chi connectivity index (χ0) is 26.0. The van der Waals surface area contributed by atoms with Crippen LogP contribution in [0.4, 0.5) is 0 Å². The van der Waals surface area contributed by atoms with Crippen molar-refractivity contribution in [3.63, 3.8) is 0 Å². The van der Waals surface area contributed by atoms with Gasteiger partial charge < -0.3 is 0 Å². The van der Waals surface area contributed by atoms with E-state index in [1.165, 1.54) is 50.1 Å². The van der Waals surface area contributed by atoms with Crippen molar-refractivity contribution in [1.29, 1.82) is 0 Å². The molecule has 0 radical (unpaired) electrons. The summed E-state index contributed by atoms with van der Waals surface area (Å²) in [6.45, 7) is 4.19. The molecule has 0 saturated carbocycles. The van der Waals surface area contributed by atoms with E-state index in [2.05, 4.69) is 168 Å². The molecular weight excluding hydrogens is 524 g/mol. The molecule has 0 aromatic heterocycles. The highest BCUT2D eigenvalue weighted by molar-refractivity contribution is 9.10. The maximum absolute atomic E-state index is 4.46. The van der Waals surface area contributed by atoms with Crippen molar-refractivity contribution in [2.75, 3.05) is 0 Å². The van der Waals surface area contributed by atoms with Gasteiger partial charge in [0.05, 0.1) is 0 Å². The van der Waals surface area contributed by atoms with Gasteiger partial charge >= 0.3 is 0 Å². The predicted octanol–water partition coefficient (Wildman–Crippen LogP) is 10.2. The average molecular weight is 552 g/mol. The van der Waals surface area contributed by atoms with Crippen LogP contribution in [-0.2, 0) is 4.32 Å². The number of rotatable bonds is 6. The molecule has 0 unspecified atom stereocenters. The second kappa shape index (κ2) is 10.3. The fourth-order valence-corrected chi connectivity index (χ4v) is 6.88. The number of benzene rings is 5. The minimum absolute atomic E-state index is 0.628. The SMILES string of the molecule is C=Cc1ccccc1C1(Br)C(c2ccccc2)=C(c2ccccc2)C(c2ccccc2)=C1c1ccccc1. The summed E-state index contributed by atoms with van der Waals surface area (Å²) >= 11 is 4.46. The molecule has 1 aliphatic carbocycles. The fourth-order valence-electron chi connectivity index (χ4n) is 5.66. The Balaban J connectivity index is 1.85. The van der Waals surface area contributed by atoms with Crippen LogP contribution in [0.15, 0.2) is 152 Å². The van der Waals surface area contributed by atoms with Crippen LogP contribution in [0.2, 0.25) is 0 Å². The largest absolute Gasteiger partial charge is 0.103 e. The summed E-state index contributed by atoms with van der Waals surface area (Å²) in [5.74, 6) is 0. The van der Waals surface area contributed by atoms with Gasteiger partial charge in [-0.2, -0.15) is 0 Å². The third-order valence-electron chi connectivity index (χ3n) is 7.24. The molecule has 5 aromatic rings. The number of hydrogen-bond acceptors (Lipinski definition) is 0.